The maximum absolute atomic E-state index is 6.55. The Balaban J connectivity index is 1.91. The van der Waals surface area contributed by atoms with Crippen LogP contribution in [-0.4, -0.2) is 17.1 Å². The second-order valence-electron chi connectivity index (χ2n) is 5.49. The fourth-order valence-electron chi connectivity index (χ4n) is 2.84. The summed E-state index contributed by atoms with van der Waals surface area (Å²) in [6.45, 7) is 2.14. The third kappa shape index (κ3) is 2.92. The number of halogens is 1. The number of ether oxygens (including phenoxy) is 1. The SMILES string of the molecule is CCc1c(-c2ccc(OC)cc2)sc2nc(-c3cccs3)nc(Cl)c12. The van der Waals surface area contributed by atoms with Crippen LogP contribution in [0, 0.1) is 0 Å². The van der Waals surface area contributed by atoms with Crippen molar-refractivity contribution in [2.24, 2.45) is 0 Å². The molecule has 1 aromatic carbocycles. The third-order valence-corrected chi connectivity index (χ3v) is 6.37. The van der Waals surface area contributed by atoms with Gasteiger partial charge in [0.25, 0.3) is 0 Å². The van der Waals surface area contributed by atoms with Crippen LogP contribution in [0.15, 0.2) is 41.8 Å². The molecule has 0 unspecified atom stereocenters. The first-order chi connectivity index (χ1) is 12.2. The fourth-order valence-corrected chi connectivity index (χ4v) is 5.11. The molecule has 4 aromatic rings. The number of methoxy groups -OCH3 is 1. The van der Waals surface area contributed by atoms with Crippen molar-refractivity contribution in [3.63, 3.8) is 0 Å². The van der Waals surface area contributed by atoms with E-state index in [0.717, 1.165) is 32.8 Å². The van der Waals surface area contributed by atoms with Gasteiger partial charge in [-0.2, -0.15) is 0 Å². The van der Waals surface area contributed by atoms with Gasteiger partial charge in [-0.15, -0.1) is 22.7 Å². The second kappa shape index (κ2) is 6.75. The van der Waals surface area contributed by atoms with Gasteiger partial charge in [0.1, 0.15) is 15.7 Å². The number of nitrogens with zero attached hydrogens (tertiary/aromatic N) is 2. The number of aromatic nitrogens is 2. The first-order valence-electron chi connectivity index (χ1n) is 7.88. The van der Waals surface area contributed by atoms with E-state index in [4.69, 9.17) is 21.3 Å². The number of fused-ring (bicyclic) bond motifs is 1. The summed E-state index contributed by atoms with van der Waals surface area (Å²) >= 11 is 9.84. The number of benzene rings is 1. The average Bonchev–Trinajstić information content (AvgIpc) is 3.29. The largest absolute Gasteiger partial charge is 0.497 e. The Kier molecular flexibility index (Phi) is 4.46. The van der Waals surface area contributed by atoms with Crippen LogP contribution in [0.5, 0.6) is 5.75 Å². The number of hydrogen-bond donors (Lipinski definition) is 0. The molecule has 0 bridgehead atoms. The van der Waals surface area contributed by atoms with Crippen molar-refractivity contribution in [1.29, 1.82) is 0 Å². The molecule has 0 aliphatic rings. The lowest BCUT2D eigenvalue weighted by Gasteiger charge is -2.04. The number of thiophene rings is 2. The Labute approximate surface area is 158 Å². The highest BCUT2D eigenvalue weighted by Crippen LogP contribution is 2.42. The summed E-state index contributed by atoms with van der Waals surface area (Å²) in [7, 11) is 1.67. The molecule has 6 heteroatoms. The Bertz CT molecular complexity index is 1020. The normalized spacial score (nSPS) is 11.2. The van der Waals surface area contributed by atoms with Crippen LogP contribution in [0.2, 0.25) is 5.15 Å². The standard InChI is InChI=1S/C19H15ClN2OS2/c1-3-13-15-17(20)21-18(14-5-4-10-24-14)22-19(15)25-16(13)11-6-8-12(23-2)9-7-11/h4-10H,3H2,1-2H3. The molecule has 0 N–H and O–H groups in total. The van der Waals surface area contributed by atoms with Crippen molar-refractivity contribution in [2.75, 3.05) is 7.11 Å². The molecule has 0 amide bonds. The van der Waals surface area contributed by atoms with Gasteiger partial charge in [-0.05, 0) is 53.3 Å². The fraction of sp³-hybridized carbons (Fsp3) is 0.158. The van der Waals surface area contributed by atoms with E-state index in [1.807, 2.05) is 29.6 Å². The van der Waals surface area contributed by atoms with Crippen LogP contribution in [0.25, 0.3) is 31.4 Å². The van der Waals surface area contributed by atoms with Crippen LogP contribution < -0.4 is 4.74 Å². The van der Waals surface area contributed by atoms with E-state index in [2.05, 4.69) is 24.0 Å². The van der Waals surface area contributed by atoms with Gasteiger partial charge < -0.3 is 4.74 Å². The molecular weight excluding hydrogens is 372 g/mol. The molecular formula is C19H15ClN2OS2. The minimum Gasteiger partial charge on any atom is -0.497 e. The number of aryl methyl sites for hydroxylation is 1. The molecule has 0 atom stereocenters. The molecule has 0 aliphatic carbocycles. The van der Waals surface area contributed by atoms with Gasteiger partial charge in [0, 0.05) is 4.88 Å². The smallest absolute Gasteiger partial charge is 0.172 e. The maximum atomic E-state index is 6.55. The zero-order valence-electron chi connectivity index (χ0n) is 13.7. The van der Waals surface area contributed by atoms with Gasteiger partial charge in [-0.25, -0.2) is 9.97 Å². The topological polar surface area (TPSA) is 35.0 Å². The van der Waals surface area contributed by atoms with Gasteiger partial charge >= 0.3 is 0 Å². The summed E-state index contributed by atoms with van der Waals surface area (Å²) in [6.07, 6.45) is 0.878. The van der Waals surface area contributed by atoms with E-state index in [-0.39, 0.29) is 0 Å². The van der Waals surface area contributed by atoms with Crippen molar-refractivity contribution < 1.29 is 4.74 Å². The average molecular weight is 387 g/mol. The molecule has 3 nitrogen and oxygen atoms in total. The highest BCUT2D eigenvalue weighted by atomic mass is 35.5. The van der Waals surface area contributed by atoms with E-state index in [0.29, 0.717) is 11.0 Å². The predicted octanol–water partition coefficient (Wildman–Crippen LogP) is 6.31. The van der Waals surface area contributed by atoms with Crippen LogP contribution in [-0.2, 0) is 6.42 Å². The van der Waals surface area contributed by atoms with Crippen LogP contribution >= 0.6 is 34.3 Å². The van der Waals surface area contributed by atoms with E-state index in [1.54, 1.807) is 29.8 Å². The van der Waals surface area contributed by atoms with E-state index in [9.17, 15) is 0 Å². The highest BCUT2D eigenvalue weighted by molar-refractivity contribution is 7.22. The van der Waals surface area contributed by atoms with E-state index < -0.39 is 0 Å². The summed E-state index contributed by atoms with van der Waals surface area (Å²) in [5.74, 6) is 1.54. The quantitative estimate of drug-likeness (QED) is 0.385. The summed E-state index contributed by atoms with van der Waals surface area (Å²) in [5, 5.41) is 3.52. The van der Waals surface area contributed by atoms with Crippen LogP contribution in [0.4, 0.5) is 0 Å². The van der Waals surface area contributed by atoms with E-state index in [1.165, 1.54) is 10.4 Å². The lowest BCUT2D eigenvalue weighted by atomic mass is 10.1. The Morgan fingerprint density at radius 3 is 2.56 bits per heavy atom. The molecule has 3 aromatic heterocycles. The minimum atomic E-state index is 0.529. The monoisotopic (exact) mass is 386 g/mol. The molecule has 126 valence electrons. The first kappa shape index (κ1) is 16.5. The number of hydrogen-bond acceptors (Lipinski definition) is 5. The Hall–Kier alpha value is -1.95. The van der Waals surface area contributed by atoms with Crippen molar-refractivity contribution >= 4 is 44.5 Å². The molecule has 0 saturated carbocycles. The summed E-state index contributed by atoms with van der Waals surface area (Å²) in [6, 6.07) is 12.1. The first-order valence-corrected chi connectivity index (χ1v) is 9.96. The molecule has 0 aliphatic heterocycles. The lowest BCUT2D eigenvalue weighted by molar-refractivity contribution is 0.415. The predicted molar refractivity (Wildman–Crippen MR) is 107 cm³/mol. The van der Waals surface area contributed by atoms with Crippen molar-refractivity contribution in [3.05, 3.63) is 52.5 Å². The molecule has 4 rings (SSSR count). The van der Waals surface area contributed by atoms with Gasteiger partial charge in [-0.3, -0.25) is 0 Å². The Morgan fingerprint density at radius 2 is 1.92 bits per heavy atom. The molecule has 3 heterocycles. The molecule has 0 saturated heterocycles. The van der Waals surface area contributed by atoms with Crippen molar-refractivity contribution in [3.8, 4) is 26.9 Å². The van der Waals surface area contributed by atoms with Crippen molar-refractivity contribution in [2.45, 2.75) is 13.3 Å². The van der Waals surface area contributed by atoms with Gasteiger partial charge in [-0.1, -0.05) is 24.6 Å². The maximum Gasteiger partial charge on any atom is 0.172 e. The van der Waals surface area contributed by atoms with Gasteiger partial charge in [0.2, 0.25) is 0 Å². The molecule has 0 spiro atoms. The van der Waals surface area contributed by atoms with Crippen LogP contribution in [0.3, 0.4) is 0 Å². The summed E-state index contributed by atoms with van der Waals surface area (Å²) in [4.78, 5) is 12.5. The Morgan fingerprint density at radius 1 is 1.12 bits per heavy atom. The zero-order valence-corrected chi connectivity index (χ0v) is 16.1. The highest BCUT2D eigenvalue weighted by Gasteiger charge is 2.19. The second-order valence-corrected chi connectivity index (χ2v) is 7.79. The van der Waals surface area contributed by atoms with E-state index >= 15 is 0 Å². The summed E-state index contributed by atoms with van der Waals surface area (Å²) in [5.41, 5.74) is 2.35. The lowest BCUT2D eigenvalue weighted by Crippen LogP contribution is -1.90. The summed E-state index contributed by atoms with van der Waals surface area (Å²) < 4.78 is 5.26. The number of rotatable bonds is 4. The third-order valence-electron chi connectivity index (χ3n) is 4.05. The van der Waals surface area contributed by atoms with Crippen LogP contribution in [0.1, 0.15) is 12.5 Å². The van der Waals surface area contributed by atoms with Gasteiger partial charge in [0.05, 0.1) is 17.4 Å². The molecule has 0 fully saturated rings. The minimum absolute atomic E-state index is 0.529. The molecule has 25 heavy (non-hydrogen) atoms. The van der Waals surface area contributed by atoms with Crippen molar-refractivity contribution in [1.82, 2.24) is 9.97 Å². The zero-order chi connectivity index (χ0) is 17.4. The van der Waals surface area contributed by atoms with Gasteiger partial charge in [0.15, 0.2) is 5.82 Å². The molecule has 0 radical (unpaired) electrons.